The number of nitrogens with zero attached hydrogens (tertiary/aromatic N) is 5. The van der Waals surface area contributed by atoms with E-state index in [4.69, 9.17) is 0 Å². The van der Waals surface area contributed by atoms with Gasteiger partial charge in [0.2, 0.25) is 5.91 Å². The fourth-order valence-electron chi connectivity index (χ4n) is 2.77. The molecular weight excluding hydrogens is 366 g/mol. The number of nitrogens with one attached hydrogen (secondary N) is 2. The van der Waals surface area contributed by atoms with Crippen LogP contribution in [0.15, 0.2) is 67.1 Å². The summed E-state index contributed by atoms with van der Waals surface area (Å²) in [4.78, 5) is 16.2. The second-order valence-electron chi connectivity index (χ2n) is 6.40. The zero-order chi connectivity index (χ0) is 20.8. The number of aliphatic imine (C=N–C) groups is 1. The normalized spacial score (nSPS) is 11.2. The molecule has 0 saturated carbocycles. The lowest BCUT2D eigenvalue weighted by molar-refractivity contribution is -0.111. The topological polar surface area (TPSA) is 89.1 Å². The van der Waals surface area contributed by atoms with E-state index in [1.807, 2.05) is 44.4 Å². The van der Waals surface area contributed by atoms with Crippen LogP contribution in [0.1, 0.15) is 18.1 Å². The minimum atomic E-state index is -0.252. The summed E-state index contributed by atoms with van der Waals surface area (Å²) in [7, 11) is 1.86. The van der Waals surface area contributed by atoms with Crippen molar-refractivity contribution in [3.05, 3.63) is 73.2 Å². The molecule has 0 radical (unpaired) electrons. The molecule has 1 amide bonds. The molecule has 2 aromatic heterocycles. The van der Waals surface area contributed by atoms with Crippen LogP contribution in [0.5, 0.6) is 0 Å². The van der Waals surface area contributed by atoms with Crippen molar-refractivity contribution in [2.45, 2.75) is 13.5 Å². The molecule has 2 heterocycles. The van der Waals surface area contributed by atoms with Crippen LogP contribution in [0, 0.1) is 0 Å². The predicted octanol–water partition coefficient (Wildman–Crippen LogP) is 3.59. The predicted molar refractivity (Wildman–Crippen MR) is 116 cm³/mol. The fraction of sp³-hybridized carbons (Fsp3) is 0.143. The molecule has 8 nitrogen and oxygen atoms in total. The zero-order valence-electron chi connectivity index (χ0n) is 16.5. The lowest BCUT2D eigenvalue weighted by Gasteiger charge is -2.09. The van der Waals surface area contributed by atoms with Gasteiger partial charge in [-0.25, -0.2) is 9.67 Å². The maximum atomic E-state index is 11.5. The number of carbonyl (C=O) groups excluding carboxylic acids is 1. The maximum Gasteiger partial charge on any atom is 0.247 e. The van der Waals surface area contributed by atoms with Gasteiger partial charge in [0.05, 0.1) is 24.6 Å². The lowest BCUT2D eigenvalue weighted by Crippen LogP contribution is -2.09. The van der Waals surface area contributed by atoms with Gasteiger partial charge in [0.25, 0.3) is 0 Å². The molecule has 148 valence electrons. The third-order valence-electron chi connectivity index (χ3n) is 4.07. The molecule has 29 heavy (non-hydrogen) atoms. The molecule has 0 unspecified atom stereocenters. The number of amidine groups is 1. The van der Waals surface area contributed by atoms with E-state index >= 15 is 0 Å². The minimum absolute atomic E-state index is 0.252. The van der Waals surface area contributed by atoms with Gasteiger partial charge in [0.15, 0.2) is 5.82 Å². The first-order chi connectivity index (χ1) is 14.0. The van der Waals surface area contributed by atoms with Crippen LogP contribution in [0.2, 0.25) is 0 Å². The maximum absolute atomic E-state index is 11.5. The number of benzene rings is 1. The summed E-state index contributed by atoms with van der Waals surface area (Å²) in [5, 5.41) is 14.6. The van der Waals surface area contributed by atoms with Crippen LogP contribution < -0.4 is 10.6 Å². The number of anilines is 2. The molecule has 0 aliphatic carbocycles. The molecule has 1 aromatic carbocycles. The molecule has 3 rings (SSSR count). The molecular formula is C21H23N7O. The van der Waals surface area contributed by atoms with E-state index in [9.17, 15) is 4.79 Å². The molecule has 8 heteroatoms. The zero-order valence-corrected chi connectivity index (χ0v) is 16.5. The van der Waals surface area contributed by atoms with Crippen molar-refractivity contribution in [1.82, 2.24) is 19.6 Å². The van der Waals surface area contributed by atoms with E-state index in [-0.39, 0.29) is 5.91 Å². The number of hydrogen-bond acceptors (Lipinski definition) is 4. The van der Waals surface area contributed by atoms with E-state index in [1.165, 1.54) is 6.08 Å². The molecule has 0 spiro atoms. The Bertz CT molecular complexity index is 1070. The summed E-state index contributed by atoms with van der Waals surface area (Å²) in [6.45, 7) is 9.69. The second kappa shape index (κ2) is 8.83. The SMILES string of the molecule is C=CC(=O)Nc1cccc(Cn2ncc(C=C)c2N=C(C)Nc2cnn(C)c2)c1. The summed E-state index contributed by atoms with van der Waals surface area (Å²) in [6.07, 6.45) is 8.29. The third kappa shape index (κ3) is 5.07. The Balaban J connectivity index is 1.84. The first-order valence-electron chi connectivity index (χ1n) is 9.00. The highest BCUT2D eigenvalue weighted by atomic mass is 16.1. The van der Waals surface area contributed by atoms with E-state index in [0.29, 0.717) is 23.9 Å². The highest BCUT2D eigenvalue weighted by molar-refractivity contribution is 5.98. The first-order valence-corrected chi connectivity index (χ1v) is 9.00. The van der Waals surface area contributed by atoms with Gasteiger partial charge in [-0.1, -0.05) is 31.4 Å². The van der Waals surface area contributed by atoms with E-state index in [1.54, 1.807) is 27.8 Å². The van der Waals surface area contributed by atoms with Crippen LogP contribution in [-0.4, -0.2) is 31.3 Å². The molecule has 0 saturated heterocycles. The van der Waals surface area contributed by atoms with Crippen LogP contribution in [0.25, 0.3) is 6.08 Å². The molecule has 3 aromatic rings. The molecule has 0 aliphatic heterocycles. The van der Waals surface area contributed by atoms with Gasteiger partial charge < -0.3 is 10.6 Å². The number of rotatable bonds is 7. The van der Waals surface area contributed by atoms with Crippen molar-refractivity contribution >= 4 is 35.0 Å². The lowest BCUT2D eigenvalue weighted by atomic mass is 10.2. The van der Waals surface area contributed by atoms with Crippen LogP contribution in [0.4, 0.5) is 17.2 Å². The highest BCUT2D eigenvalue weighted by Crippen LogP contribution is 2.23. The smallest absolute Gasteiger partial charge is 0.247 e. The Morgan fingerprint density at radius 2 is 2.03 bits per heavy atom. The van der Waals surface area contributed by atoms with Crippen molar-refractivity contribution in [3.63, 3.8) is 0 Å². The van der Waals surface area contributed by atoms with E-state index in [0.717, 1.165) is 16.8 Å². The Hall–Kier alpha value is -3.94. The number of amides is 1. The fourth-order valence-corrected chi connectivity index (χ4v) is 2.77. The molecule has 0 aliphatic rings. The van der Waals surface area contributed by atoms with Crippen molar-refractivity contribution in [1.29, 1.82) is 0 Å². The van der Waals surface area contributed by atoms with Crippen LogP contribution in [-0.2, 0) is 18.4 Å². The Morgan fingerprint density at radius 3 is 2.72 bits per heavy atom. The van der Waals surface area contributed by atoms with Crippen molar-refractivity contribution in [2.24, 2.45) is 12.0 Å². The first kappa shape index (κ1) is 19.8. The Labute approximate surface area is 169 Å². The largest absolute Gasteiger partial charge is 0.341 e. The number of hydrogen-bond donors (Lipinski definition) is 2. The van der Waals surface area contributed by atoms with E-state index in [2.05, 4.69) is 39.0 Å². The summed E-state index contributed by atoms with van der Waals surface area (Å²) in [5.41, 5.74) is 3.35. The highest BCUT2D eigenvalue weighted by Gasteiger charge is 2.10. The van der Waals surface area contributed by atoms with Gasteiger partial charge in [-0.15, -0.1) is 0 Å². The average Bonchev–Trinajstić information content (AvgIpc) is 3.27. The molecule has 0 fully saturated rings. The van der Waals surface area contributed by atoms with Gasteiger partial charge in [-0.2, -0.15) is 10.2 Å². The van der Waals surface area contributed by atoms with Gasteiger partial charge in [0.1, 0.15) is 5.84 Å². The van der Waals surface area contributed by atoms with Crippen molar-refractivity contribution < 1.29 is 4.79 Å². The second-order valence-corrected chi connectivity index (χ2v) is 6.40. The number of aryl methyl sites for hydroxylation is 1. The Kier molecular flexibility index (Phi) is 6.03. The molecule has 0 atom stereocenters. The third-order valence-corrected chi connectivity index (χ3v) is 4.07. The van der Waals surface area contributed by atoms with E-state index < -0.39 is 0 Å². The van der Waals surface area contributed by atoms with Gasteiger partial charge in [-0.3, -0.25) is 9.48 Å². The van der Waals surface area contributed by atoms with Crippen molar-refractivity contribution in [2.75, 3.05) is 10.6 Å². The minimum Gasteiger partial charge on any atom is -0.341 e. The number of aromatic nitrogens is 4. The number of carbonyl (C=O) groups is 1. The monoisotopic (exact) mass is 389 g/mol. The molecule has 0 bridgehead atoms. The van der Waals surface area contributed by atoms with Gasteiger partial charge in [0, 0.05) is 24.5 Å². The van der Waals surface area contributed by atoms with Crippen molar-refractivity contribution in [3.8, 4) is 0 Å². The summed E-state index contributed by atoms with van der Waals surface area (Å²) >= 11 is 0. The van der Waals surface area contributed by atoms with Gasteiger partial charge >= 0.3 is 0 Å². The summed E-state index contributed by atoms with van der Waals surface area (Å²) < 4.78 is 3.51. The summed E-state index contributed by atoms with van der Waals surface area (Å²) in [6, 6.07) is 7.56. The standard InChI is InChI=1S/C21H23N7O/c1-5-17-11-23-28(13-16-8-7-9-18(10-16)26-20(29)6-2)21(17)25-15(3)24-19-12-22-27(4)14-19/h5-12,14H,1-2,13H2,3-4H3,(H,24,25)(H,26,29). The average molecular weight is 389 g/mol. The molecule has 2 N–H and O–H groups in total. The van der Waals surface area contributed by atoms with Crippen LogP contribution >= 0.6 is 0 Å². The quantitative estimate of drug-likeness (QED) is 0.367. The Morgan fingerprint density at radius 1 is 1.21 bits per heavy atom. The summed E-state index contributed by atoms with van der Waals surface area (Å²) in [5.74, 6) is 1.14. The van der Waals surface area contributed by atoms with Crippen LogP contribution in [0.3, 0.4) is 0 Å². The van der Waals surface area contributed by atoms with Gasteiger partial charge in [-0.05, 0) is 30.7 Å².